The quantitative estimate of drug-likeness (QED) is 0.788. The predicted molar refractivity (Wildman–Crippen MR) is 72.7 cm³/mol. The Kier molecular flexibility index (Phi) is 4.40. The number of hydrogen-bond acceptors (Lipinski definition) is 3. The summed E-state index contributed by atoms with van der Waals surface area (Å²) in [7, 11) is 4.16. The molecule has 0 unspecified atom stereocenters. The zero-order valence-corrected chi connectivity index (χ0v) is 11.6. The van der Waals surface area contributed by atoms with Gasteiger partial charge in [0.2, 0.25) is 0 Å². The summed E-state index contributed by atoms with van der Waals surface area (Å²) >= 11 is 5.87. The molecule has 1 aromatic heterocycles. The van der Waals surface area contributed by atoms with E-state index in [4.69, 9.17) is 11.6 Å². The number of hydrogen-bond donors (Lipinski definition) is 0. The molecule has 0 atom stereocenters. The summed E-state index contributed by atoms with van der Waals surface area (Å²) in [5, 5.41) is 0. The molecule has 0 spiro atoms. The van der Waals surface area contributed by atoms with E-state index in [0.29, 0.717) is 6.04 Å². The lowest BCUT2D eigenvalue weighted by Crippen LogP contribution is -2.42. The number of anilines is 1. The summed E-state index contributed by atoms with van der Waals surface area (Å²) in [6.45, 7) is 2.18. The van der Waals surface area contributed by atoms with Gasteiger partial charge in [0.1, 0.15) is 11.6 Å². The molecular formula is C13H19ClFN3. The van der Waals surface area contributed by atoms with Gasteiger partial charge in [0.25, 0.3) is 0 Å². The molecule has 2 heterocycles. The van der Waals surface area contributed by atoms with Crippen molar-refractivity contribution in [1.29, 1.82) is 0 Å². The highest BCUT2D eigenvalue weighted by Crippen LogP contribution is 2.24. The lowest BCUT2D eigenvalue weighted by molar-refractivity contribution is 0.252. The lowest BCUT2D eigenvalue weighted by atomic mass is 10.0. The van der Waals surface area contributed by atoms with Gasteiger partial charge >= 0.3 is 0 Å². The summed E-state index contributed by atoms with van der Waals surface area (Å²) in [5.41, 5.74) is 0.762. The Morgan fingerprint density at radius 3 is 2.78 bits per heavy atom. The molecule has 3 nitrogen and oxygen atoms in total. The van der Waals surface area contributed by atoms with Crippen molar-refractivity contribution in [2.24, 2.45) is 0 Å². The van der Waals surface area contributed by atoms with Crippen LogP contribution in [0.5, 0.6) is 0 Å². The molecule has 5 heteroatoms. The van der Waals surface area contributed by atoms with Crippen LogP contribution in [0.1, 0.15) is 18.4 Å². The average Bonchev–Trinajstić information content (AvgIpc) is 2.38. The Morgan fingerprint density at radius 1 is 1.50 bits per heavy atom. The lowest BCUT2D eigenvalue weighted by Gasteiger charge is -2.36. The summed E-state index contributed by atoms with van der Waals surface area (Å²) < 4.78 is 13.1. The van der Waals surface area contributed by atoms with Crippen molar-refractivity contribution in [1.82, 2.24) is 9.88 Å². The molecule has 0 aliphatic carbocycles. The van der Waals surface area contributed by atoms with E-state index in [9.17, 15) is 4.39 Å². The molecule has 1 saturated heterocycles. The molecule has 1 aliphatic heterocycles. The third-order valence-electron chi connectivity index (χ3n) is 3.62. The van der Waals surface area contributed by atoms with E-state index in [2.05, 4.69) is 21.8 Å². The topological polar surface area (TPSA) is 19.4 Å². The van der Waals surface area contributed by atoms with E-state index in [0.717, 1.165) is 37.3 Å². The van der Waals surface area contributed by atoms with E-state index in [1.54, 1.807) is 0 Å². The van der Waals surface area contributed by atoms with Crippen molar-refractivity contribution in [3.63, 3.8) is 0 Å². The molecule has 1 aliphatic rings. The van der Waals surface area contributed by atoms with Crippen LogP contribution in [-0.2, 0) is 5.88 Å². The normalized spacial score (nSPS) is 18.0. The molecule has 0 amide bonds. The van der Waals surface area contributed by atoms with Crippen molar-refractivity contribution in [3.05, 3.63) is 23.6 Å². The van der Waals surface area contributed by atoms with E-state index in [1.165, 1.54) is 12.3 Å². The van der Waals surface area contributed by atoms with Gasteiger partial charge in [0, 0.05) is 18.7 Å². The Labute approximate surface area is 113 Å². The molecule has 1 aromatic rings. The van der Waals surface area contributed by atoms with Crippen LogP contribution < -0.4 is 4.90 Å². The minimum absolute atomic E-state index is 0.289. The van der Waals surface area contributed by atoms with E-state index in [1.807, 2.05) is 7.05 Å². The molecule has 0 radical (unpaired) electrons. The molecule has 0 bridgehead atoms. The molecule has 1 fully saturated rings. The third-order valence-corrected chi connectivity index (χ3v) is 3.91. The van der Waals surface area contributed by atoms with Crippen molar-refractivity contribution in [3.8, 4) is 0 Å². The second-order valence-corrected chi connectivity index (χ2v) is 5.18. The van der Waals surface area contributed by atoms with Gasteiger partial charge in [0.15, 0.2) is 0 Å². The van der Waals surface area contributed by atoms with Gasteiger partial charge in [-0.3, -0.25) is 0 Å². The van der Waals surface area contributed by atoms with Crippen LogP contribution in [0.2, 0.25) is 0 Å². The van der Waals surface area contributed by atoms with Crippen LogP contribution in [0.3, 0.4) is 0 Å². The van der Waals surface area contributed by atoms with Crippen molar-refractivity contribution >= 4 is 17.4 Å². The summed E-state index contributed by atoms with van der Waals surface area (Å²) in [6, 6.07) is 1.93. The number of piperidine rings is 1. The first-order valence-electron chi connectivity index (χ1n) is 6.23. The number of halogens is 2. The maximum Gasteiger partial charge on any atom is 0.141 e. The molecule has 0 aromatic carbocycles. The number of likely N-dealkylation sites (tertiary alicyclic amines) is 1. The highest BCUT2D eigenvalue weighted by atomic mass is 35.5. The zero-order chi connectivity index (χ0) is 13.1. The summed E-state index contributed by atoms with van der Waals surface area (Å²) in [6.07, 6.45) is 3.47. The van der Waals surface area contributed by atoms with E-state index < -0.39 is 0 Å². The van der Waals surface area contributed by atoms with Gasteiger partial charge in [0.05, 0.1) is 12.1 Å². The number of aromatic nitrogens is 1. The third kappa shape index (κ3) is 2.93. The fourth-order valence-electron chi connectivity index (χ4n) is 2.45. The molecule has 100 valence electrons. The van der Waals surface area contributed by atoms with Crippen LogP contribution in [0.25, 0.3) is 0 Å². The summed E-state index contributed by atoms with van der Waals surface area (Å²) in [5.74, 6) is 0.768. The van der Waals surface area contributed by atoms with Crippen LogP contribution in [0.15, 0.2) is 12.3 Å². The Balaban J connectivity index is 2.15. The van der Waals surface area contributed by atoms with Crippen LogP contribution in [0, 0.1) is 5.82 Å². The summed E-state index contributed by atoms with van der Waals surface area (Å²) in [4.78, 5) is 8.66. The molecule has 0 N–H and O–H groups in total. The maximum atomic E-state index is 13.1. The second-order valence-electron chi connectivity index (χ2n) is 4.92. The monoisotopic (exact) mass is 271 g/mol. The highest BCUT2D eigenvalue weighted by Gasteiger charge is 2.23. The fraction of sp³-hybridized carbons (Fsp3) is 0.615. The zero-order valence-electron chi connectivity index (χ0n) is 10.9. The largest absolute Gasteiger partial charge is 0.356 e. The van der Waals surface area contributed by atoms with E-state index >= 15 is 0 Å². The highest BCUT2D eigenvalue weighted by molar-refractivity contribution is 6.17. The standard InChI is InChI=1S/C13H19ClFN3/c1-17-5-3-12(4-6-17)18(2)13-10(8-14)7-11(15)9-16-13/h7,9,12H,3-6,8H2,1-2H3. The minimum Gasteiger partial charge on any atom is -0.356 e. The number of nitrogens with zero attached hydrogens (tertiary/aromatic N) is 3. The van der Waals surface area contributed by atoms with Crippen molar-refractivity contribution in [2.75, 3.05) is 32.1 Å². The Morgan fingerprint density at radius 2 is 2.17 bits per heavy atom. The van der Waals surface area contributed by atoms with Gasteiger partial charge in [-0.1, -0.05) is 0 Å². The van der Waals surface area contributed by atoms with E-state index in [-0.39, 0.29) is 11.7 Å². The first-order valence-corrected chi connectivity index (χ1v) is 6.77. The first kappa shape index (κ1) is 13.6. The first-order chi connectivity index (χ1) is 8.61. The minimum atomic E-state index is -0.328. The number of alkyl halides is 1. The second kappa shape index (κ2) is 5.85. The Hall–Kier alpha value is -0.870. The van der Waals surface area contributed by atoms with Gasteiger partial charge in [-0.2, -0.15) is 0 Å². The number of rotatable bonds is 3. The molecule has 2 rings (SSSR count). The molecule has 0 saturated carbocycles. The van der Waals surface area contributed by atoms with Crippen LogP contribution in [-0.4, -0.2) is 43.1 Å². The van der Waals surface area contributed by atoms with Gasteiger partial charge in [-0.05, 0) is 39.0 Å². The predicted octanol–water partition coefficient (Wildman–Crippen LogP) is 2.49. The molecule has 18 heavy (non-hydrogen) atoms. The number of pyridine rings is 1. The van der Waals surface area contributed by atoms with Crippen molar-refractivity contribution < 1.29 is 4.39 Å². The van der Waals surface area contributed by atoms with Crippen LogP contribution in [0.4, 0.5) is 10.2 Å². The maximum absolute atomic E-state index is 13.1. The average molecular weight is 272 g/mol. The SMILES string of the molecule is CN1CCC(N(C)c2ncc(F)cc2CCl)CC1. The van der Waals surface area contributed by atoms with Crippen LogP contribution >= 0.6 is 11.6 Å². The fourth-order valence-corrected chi connectivity index (χ4v) is 2.64. The smallest absolute Gasteiger partial charge is 0.141 e. The van der Waals surface area contributed by atoms with Gasteiger partial charge in [-0.15, -0.1) is 11.6 Å². The molecular weight excluding hydrogens is 253 g/mol. The van der Waals surface area contributed by atoms with Gasteiger partial charge in [-0.25, -0.2) is 9.37 Å². The Bertz CT molecular complexity index is 405. The van der Waals surface area contributed by atoms with Crippen molar-refractivity contribution in [2.45, 2.75) is 24.8 Å². The van der Waals surface area contributed by atoms with Gasteiger partial charge < -0.3 is 9.80 Å².